The average molecular weight is 459 g/mol. The molecule has 3 aromatic rings. The molecule has 3 nitrogen and oxygen atoms in total. The molecule has 0 radical (unpaired) electrons. The van der Waals surface area contributed by atoms with E-state index in [0.717, 1.165) is 48.1 Å². The smallest absolute Gasteiger partial charge is 0.306 e. The number of carbonyl (C=O) groups excluding carboxylic acids is 1. The van der Waals surface area contributed by atoms with Crippen LogP contribution >= 0.6 is 0 Å². The molecule has 5 rings (SSSR count). The van der Waals surface area contributed by atoms with E-state index in [9.17, 15) is 9.18 Å². The van der Waals surface area contributed by atoms with E-state index in [0.29, 0.717) is 17.9 Å². The maximum Gasteiger partial charge on any atom is 0.306 e. The van der Waals surface area contributed by atoms with E-state index in [4.69, 9.17) is 9.47 Å². The Labute approximate surface area is 200 Å². The lowest BCUT2D eigenvalue weighted by Crippen LogP contribution is -2.24. The van der Waals surface area contributed by atoms with Crippen LogP contribution in [0.5, 0.6) is 5.75 Å². The van der Waals surface area contributed by atoms with Gasteiger partial charge in [-0.25, -0.2) is 4.39 Å². The highest BCUT2D eigenvalue weighted by Gasteiger charge is 2.32. The molecule has 1 saturated carbocycles. The van der Waals surface area contributed by atoms with Gasteiger partial charge >= 0.3 is 5.97 Å². The Bertz CT molecular complexity index is 1180. The third-order valence-electron chi connectivity index (χ3n) is 7.51. The number of ether oxygens (including phenoxy) is 2. The Morgan fingerprint density at radius 1 is 1.06 bits per heavy atom. The summed E-state index contributed by atoms with van der Waals surface area (Å²) >= 11 is 0. The first-order valence-electron chi connectivity index (χ1n) is 12.2. The number of benzene rings is 3. The van der Waals surface area contributed by atoms with E-state index in [-0.39, 0.29) is 23.8 Å². The van der Waals surface area contributed by atoms with Gasteiger partial charge in [0.1, 0.15) is 17.7 Å². The SMILES string of the molecule is COC(=O)C[C@@H](c1ccc2c(c1)O[C@H](c1ccc(-c3cc(C)ccc3F)cc1)CC2)C1CCC1. The molecule has 1 aliphatic heterocycles. The standard InChI is InChI=1S/C30H31FO3/c1-19-6-14-27(31)26(16-19)21-7-9-22(10-8-21)28-15-13-23-11-12-24(17-29(23)34-28)25(18-30(32)33-2)20-4-3-5-20/h6-12,14,16-17,20,25,28H,3-5,13,15,18H2,1-2H3/t25-,28+/m1/s1. The van der Waals surface area contributed by atoms with Crippen molar-refractivity contribution in [1.82, 2.24) is 0 Å². The van der Waals surface area contributed by atoms with E-state index in [1.54, 1.807) is 6.07 Å². The fraction of sp³-hybridized carbons (Fsp3) is 0.367. The highest BCUT2D eigenvalue weighted by atomic mass is 19.1. The van der Waals surface area contributed by atoms with Crippen LogP contribution in [0, 0.1) is 18.7 Å². The summed E-state index contributed by atoms with van der Waals surface area (Å²) in [5, 5.41) is 0. The molecule has 3 aromatic carbocycles. The quantitative estimate of drug-likeness (QED) is 0.363. The van der Waals surface area contributed by atoms with Crippen LogP contribution in [-0.4, -0.2) is 13.1 Å². The maximum absolute atomic E-state index is 14.3. The van der Waals surface area contributed by atoms with Crippen LogP contribution in [0.2, 0.25) is 0 Å². The van der Waals surface area contributed by atoms with Crippen molar-refractivity contribution < 1.29 is 18.7 Å². The van der Waals surface area contributed by atoms with Crippen LogP contribution in [0.4, 0.5) is 4.39 Å². The summed E-state index contributed by atoms with van der Waals surface area (Å²) in [6, 6.07) is 19.7. The Hall–Kier alpha value is -3.14. The number of hydrogen-bond donors (Lipinski definition) is 0. The third kappa shape index (κ3) is 4.59. The van der Waals surface area contributed by atoms with Crippen LogP contribution < -0.4 is 4.74 Å². The van der Waals surface area contributed by atoms with Gasteiger partial charge in [0.25, 0.3) is 0 Å². The molecule has 34 heavy (non-hydrogen) atoms. The van der Waals surface area contributed by atoms with E-state index < -0.39 is 0 Å². The number of methoxy groups -OCH3 is 1. The van der Waals surface area contributed by atoms with Crippen LogP contribution in [-0.2, 0) is 16.0 Å². The summed E-state index contributed by atoms with van der Waals surface area (Å²) in [5.41, 5.74) is 6.01. The molecule has 0 amide bonds. The van der Waals surface area contributed by atoms with Gasteiger partial charge in [-0.1, -0.05) is 54.4 Å². The number of fused-ring (bicyclic) bond motifs is 1. The molecule has 0 bridgehead atoms. The second kappa shape index (κ2) is 9.61. The molecule has 2 aliphatic rings. The molecular weight excluding hydrogens is 427 g/mol. The lowest BCUT2D eigenvalue weighted by Gasteiger charge is -2.34. The van der Waals surface area contributed by atoms with Crippen molar-refractivity contribution in [3.8, 4) is 16.9 Å². The fourth-order valence-electron chi connectivity index (χ4n) is 5.25. The van der Waals surface area contributed by atoms with Gasteiger partial charge < -0.3 is 9.47 Å². The third-order valence-corrected chi connectivity index (χ3v) is 7.51. The van der Waals surface area contributed by atoms with E-state index in [1.165, 1.54) is 30.7 Å². The number of halogens is 1. The lowest BCUT2D eigenvalue weighted by atomic mass is 9.71. The maximum atomic E-state index is 14.3. The zero-order chi connectivity index (χ0) is 23.7. The molecule has 1 aliphatic carbocycles. The number of esters is 1. The van der Waals surface area contributed by atoms with Crippen LogP contribution in [0.1, 0.15) is 66.4 Å². The van der Waals surface area contributed by atoms with Crippen molar-refractivity contribution in [1.29, 1.82) is 0 Å². The summed E-state index contributed by atoms with van der Waals surface area (Å²) in [6.45, 7) is 1.97. The first kappa shape index (κ1) is 22.6. The Morgan fingerprint density at radius 2 is 1.85 bits per heavy atom. The van der Waals surface area contributed by atoms with Gasteiger partial charge in [0.2, 0.25) is 0 Å². The minimum absolute atomic E-state index is 0.0399. The number of rotatable bonds is 6. The van der Waals surface area contributed by atoms with Crippen molar-refractivity contribution >= 4 is 5.97 Å². The normalized spacial score (nSPS) is 18.4. The molecule has 0 unspecified atom stereocenters. The topological polar surface area (TPSA) is 35.5 Å². The highest BCUT2D eigenvalue weighted by molar-refractivity contribution is 5.70. The second-order valence-electron chi connectivity index (χ2n) is 9.70. The van der Waals surface area contributed by atoms with E-state index >= 15 is 0 Å². The molecule has 0 spiro atoms. The molecular formula is C30H31FO3. The predicted octanol–water partition coefficient (Wildman–Crippen LogP) is 7.31. The highest BCUT2D eigenvalue weighted by Crippen LogP contribution is 2.44. The minimum atomic E-state index is -0.207. The zero-order valence-electron chi connectivity index (χ0n) is 19.9. The van der Waals surface area contributed by atoms with Crippen LogP contribution in [0.25, 0.3) is 11.1 Å². The molecule has 0 saturated heterocycles. The molecule has 176 valence electrons. The largest absolute Gasteiger partial charge is 0.485 e. The van der Waals surface area contributed by atoms with Gasteiger partial charge in [0, 0.05) is 5.56 Å². The Kier molecular flexibility index (Phi) is 6.40. The van der Waals surface area contributed by atoms with E-state index in [2.05, 4.69) is 18.2 Å². The van der Waals surface area contributed by atoms with Gasteiger partial charge in [-0.15, -0.1) is 0 Å². The van der Waals surface area contributed by atoms with Gasteiger partial charge in [0.15, 0.2) is 0 Å². The van der Waals surface area contributed by atoms with E-state index in [1.807, 2.05) is 37.3 Å². The van der Waals surface area contributed by atoms with Gasteiger partial charge in [0.05, 0.1) is 13.5 Å². The van der Waals surface area contributed by atoms with Crippen molar-refractivity contribution in [2.75, 3.05) is 7.11 Å². The zero-order valence-corrected chi connectivity index (χ0v) is 19.9. The molecule has 4 heteroatoms. The second-order valence-corrected chi connectivity index (χ2v) is 9.70. The molecule has 0 N–H and O–H groups in total. The van der Waals surface area contributed by atoms with Crippen molar-refractivity contribution in [2.45, 2.75) is 57.5 Å². The monoisotopic (exact) mass is 458 g/mol. The summed E-state index contributed by atoms with van der Waals surface area (Å²) < 4.78 is 25.8. The molecule has 1 heterocycles. The van der Waals surface area contributed by atoms with Gasteiger partial charge in [-0.2, -0.15) is 0 Å². The summed E-state index contributed by atoms with van der Waals surface area (Å²) in [5.74, 6) is 1.27. The van der Waals surface area contributed by atoms with Crippen molar-refractivity contribution in [3.63, 3.8) is 0 Å². The molecule has 1 fully saturated rings. The molecule has 0 aromatic heterocycles. The predicted molar refractivity (Wildman–Crippen MR) is 131 cm³/mol. The first-order valence-corrected chi connectivity index (χ1v) is 12.2. The number of carbonyl (C=O) groups is 1. The van der Waals surface area contributed by atoms with Crippen LogP contribution in [0.3, 0.4) is 0 Å². The minimum Gasteiger partial charge on any atom is -0.485 e. The van der Waals surface area contributed by atoms with Crippen LogP contribution in [0.15, 0.2) is 60.7 Å². The van der Waals surface area contributed by atoms with Crippen molar-refractivity contribution in [3.05, 3.63) is 88.7 Å². The lowest BCUT2D eigenvalue weighted by molar-refractivity contribution is -0.141. The fourth-order valence-corrected chi connectivity index (χ4v) is 5.25. The summed E-state index contributed by atoms with van der Waals surface area (Å²) in [6.07, 6.45) is 5.78. The van der Waals surface area contributed by atoms with Gasteiger partial charge in [-0.3, -0.25) is 4.79 Å². The molecule has 2 atom stereocenters. The first-order chi connectivity index (χ1) is 16.5. The Balaban J connectivity index is 1.36. The number of hydrogen-bond acceptors (Lipinski definition) is 3. The summed E-state index contributed by atoms with van der Waals surface area (Å²) in [4.78, 5) is 12.1. The van der Waals surface area contributed by atoms with Gasteiger partial charge in [-0.05, 0) is 84.9 Å². The average Bonchev–Trinajstić information content (AvgIpc) is 2.83. The number of aryl methyl sites for hydroxylation is 2. The Morgan fingerprint density at radius 3 is 2.56 bits per heavy atom. The van der Waals surface area contributed by atoms with Crippen molar-refractivity contribution in [2.24, 2.45) is 5.92 Å². The summed E-state index contributed by atoms with van der Waals surface area (Å²) in [7, 11) is 1.46.